The molecule has 0 unspecified atom stereocenters. The third-order valence-corrected chi connectivity index (χ3v) is 2.61. The van der Waals surface area contributed by atoms with Crippen molar-refractivity contribution in [1.82, 2.24) is 0 Å². The number of aryl methyl sites for hydroxylation is 1. The van der Waals surface area contributed by atoms with Crippen molar-refractivity contribution in [2.24, 2.45) is 0 Å². The first-order chi connectivity index (χ1) is 8.66. The molecule has 3 nitrogen and oxygen atoms in total. The van der Waals surface area contributed by atoms with Crippen LogP contribution in [0.1, 0.15) is 15.9 Å². The minimum Gasteiger partial charge on any atom is -0.322 e. The number of nitrogens with one attached hydrogen (secondary N) is 1. The predicted molar refractivity (Wildman–Crippen MR) is 71.8 cm³/mol. The van der Waals surface area contributed by atoms with Crippen LogP contribution in [0.2, 0.25) is 0 Å². The highest BCUT2D eigenvalue weighted by molar-refractivity contribution is 6.04. The lowest BCUT2D eigenvalue weighted by Crippen LogP contribution is -2.11. The first kappa shape index (κ1) is 12.0. The summed E-state index contributed by atoms with van der Waals surface area (Å²) in [7, 11) is 0. The van der Waals surface area contributed by atoms with Gasteiger partial charge in [0.15, 0.2) is 5.43 Å². The largest absolute Gasteiger partial charge is 0.322 e. The van der Waals surface area contributed by atoms with Crippen LogP contribution in [0.15, 0.2) is 59.4 Å². The van der Waals surface area contributed by atoms with E-state index in [0.29, 0.717) is 16.8 Å². The van der Waals surface area contributed by atoms with Crippen LogP contribution in [0.3, 0.4) is 0 Å². The van der Waals surface area contributed by atoms with E-state index in [1.165, 1.54) is 6.07 Å². The van der Waals surface area contributed by atoms with Gasteiger partial charge < -0.3 is 5.32 Å². The molecule has 2 aromatic carbocycles. The average Bonchev–Trinajstić information content (AvgIpc) is 2.55. The number of rotatable bonds is 2. The fraction of sp³-hybridized carbons (Fsp3) is 0.0667. The molecule has 1 N–H and O–H groups in total. The maximum atomic E-state index is 11.9. The van der Waals surface area contributed by atoms with Gasteiger partial charge in [-0.2, -0.15) is 0 Å². The summed E-state index contributed by atoms with van der Waals surface area (Å²) in [6.07, 6.45) is 0. The molecule has 2 aromatic rings. The van der Waals surface area contributed by atoms with Crippen LogP contribution >= 0.6 is 0 Å². The predicted octanol–water partition coefficient (Wildman–Crippen LogP) is 2.61. The molecule has 3 heteroatoms. The third kappa shape index (κ3) is 2.83. The van der Waals surface area contributed by atoms with E-state index in [1.54, 1.807) is 49.4 Å². The van der Waals surface area contributed by atoms with Crippen LogP contribution < -0.4 is 10.7 Å². The highest BCUT2D eigenvalue weighted by Gasteiger charge is 2.04. The monoisotopic (exact) mass is 239 g/mol. The van der Waals surface area contributed by atoms with Gasteiger partial charge in [-0.3, -0.25) is 9.59 Å². The topological polar surface area (TPSA) is 46.2 Å². The summed E-state index contributed by atoms with van der Waals surface area (Å²) >= 11 is 0. The van der Waals surface area contributed by atoms with E-state index < -0.39 is 0 Å². The molecule has 0 aliphatic heterocycles. The number of carbonyl (C=O) groups is 1. The molecule has 0 aliphatic rings. The highest BCUT2D eigenvalue weighted by atomic mass is 16.1. The Morgan fingerprint density at radius 3 is 2.33 bits per heavy atom. The lowest BCUT2D eigenvalue weighted by atomic mass is 10.2. The van der Waals surface area contributed by atoms with Gasteiger partial charge >= 0.3 is 0 Å². The second-order valence-corrected chi connectivity index (χ2v) is 3.99. The van der Waals surface area contributed by atoms with Crippen molar-refractivity contribution in [2.45, 2.75) is 6.92 Å². The van der Waals surface area contributed by atoms with Crippen molar-refractivity contribution >= 4 is 11.6 Å². The molecule has 18 heavy (non-hydrogen) atoms. The second-order valence-electron chi connectivity index (χ2n) is 3.99. The Kier molecular flexibility index (Phi) is 3.53. The Morgan fingerprint density at radius 2 is 1.61 bits per heavy atom. The van der Waals surface area contributed by atoms with Crippen molar-refractivity contribution in [3.63, 3.8) is 0 Å². The van der Waals surface area contributed by atoms with E-state index in [4.69, 9.17) is 0 Å². The number of anilines is 1. The normalized spacial score (nSPS) is 9.83. The van der Waals surface area contributed by atoms with Gasteiger partial charge in [0, 0.05) is 11.3 Å². The summed E-state index contributed by atoms with van der Waals surface area (Å²) in [6, 6.07) is 15.4. The second kappa shape index (κ2) is 5.27. The van der Waals surface area contributed by atoms with Crippen molar-refractivity contribution in [3.05, 3.63) is 75.9 Å². The number of amides is 1. The van der Waals surface area contributed by atoms with Crippen molar-refractivity contribution in [2.75, 3.05) is 5.32 Å². The first-order valence-electron chi connectivity index (χ1n) is 5.64. The van der Waals surface area contributed by atoms with Gasteiger partial charge in [-0.15, -0.1) is 0 Å². The van der Waals surface area contributed by atoms with Crippen LogP contribution in [0, 0.1) is 6.92 Å². The van der Waals surface area contributed by atoms with Gasteiger partial charge in [-0.25, -0.2) is 0 Å². The molecule has 0 heterocycles. The maximum absolute atomic E-state index is 11.9. The molecule has 0 aromatic heterocycles. The number of benzene rings is 1. The van der Waals surface area contributed by atoms with Gasteiger partial charge in [0.1, 0.15) is 0 Å². The fourth-order valence-corrected chi connectivity index (χ4v) is 1.53. The maximum Gasteiger partial charge on any atom is 0.255 e. The highest BCUT2D eigenvalue weighted by Crippen LogP contribution is 2.07. The smallest absolute Gasteiger partial charge is 0.255 e. The lowest BCUT2D eigenvalue weighted by molar-refractivity contribution is 0.102. The van der Waals surface area contributed by atoms with E-state index in [1.807, 2.05) is 6.07 Å². The van der Waals surface area contributed by atoms with Crippen LogP contribution in [-0.4, -0.2) is 5.91 Å². The van der Waals surface area contributed by atoms with E-state index in [2.05, 4.69) is 5.32 Å². The Hall–Kier alpha value is -2.42. The first-order valence-corrected chi connectivity index (χ1v) is 5.64. The molecular formula is C15H13NO2. The summed E-state index contributed by atoms with van der Waals surface area (Å²) in [5.74, 6) is -0.188. The molecule has 2 rings (SSSR count). The van der Waals surface area contributed by atoms with Crippen LogP contribution in [0.4, 0.5) is 5.69 Å². The Morgan fingerprint density at radius 1 is 0.944 bits per heavy atom. The van der Waals surface area contributed by atoms with Gasteiger partial charge in [-0.1, -0.05) is 24.3 Å². The van der Waals surface area contributed by atoms with Crippen molar-refractivity contribution in [1.29, 1.82) is 0 Å². The molecule has 0 atom stereocenters. The van der Waals surface area contributed by atoms with Gasteiger partial charge in [0.05, 0.1) is 0 Å². The fourth-order valence-electron chi connectivity index (χ4n) is 1.53. The average molecular weight is 239 g/mol. The SMILES string of the molecule is Cc1ccc(NC(=O)c2ccccc2)ccc1=O. The van der Waals surface area contributed by atoms with E-state index >= 15 is 0 Å². The van der Waals surface area contributed by atoms with E-state index in [0.717, 1.165) is 0 Å². The number of hydrogen-bond acceptors (Lipinski definition) is 2. The Bertz CT molecular complexity index is 621. The number of carbonyl (C=O) groups excluding carboxylic acids is 1. The minimum atomic E-state index is -0.188. The van der Waals surface area contributed by atoms with Gasteiger partial charge in [-0.05, 0) is 42.8 Å². The molecule has 0 spiro atoms. The zero-order valence-electron chi connectivity index (χ0n) is 10.0. The summed E-state index contributed by atoms with van der Waals surface area (Å²) in [5, 5.41) is 2.75. The van der Waals surface area contributed by atoms with E-state index in [-0.39, 0.29) is 11.3 Å². The van der Waals surface area contributed by atoms with Crippen LogP contribution in [0.25, 0.3) is 0 Å². The van der Waals surface area contributed by atoms with Gasteiger partial charge in [0.2, 0.25) is 0 Å². The molecular weight excluding hydrogens is 226 g/mol. The summed E-state index contributed by atoms with van der Waals surface area (Å²) in [6.45, 7) is 1.74. The molecule has 0 radical (unpaired) electrons. The molecule has 90 valence electrons. The molecule has 0 aliphatic carbocycles. The summed E-state index contributed by atoms with van der Waals surface area (Å²) in [5.41, 5.74) is 1.79. The van der Waals surface area contributed by atoms with Crippen LogP contribution in [-0.2, 0) is 0 Å². The van der Waals surface area contributed by atoms with Crippen molar-refractivity contribution in [3.8, 4) is 0 Å². The Labute approximate surface area is 105 Å². The quantitative estimate of drug-likeness (QED) is 0.875. The molecule has 0 saturated heterocycles. The minimum absolute atomic E-state index is 0.0461. The van der Waals surface area contributed by atoms with E-state index in [9.17, 15) is 9.59 Å². The lowest BCUT2D eigenvalue weighted by Gasteiger charge is -2.02. The molecule has 0 bridgehead atoms. The van der Waals surface area contributed by atoms with Gasteiger partial charge in [0.25, 0.3) is 5.91 Å². The zero-order chi connectivity index (χ0) is 13.0. The number of hydrogen-bond donors (Lipinski definition) is 1. The summed E-state index contributed by atoms with van der Waals surface area (Å²) in [4.78, 5) is 23.3. The third-order valence-electron chi connectivity index (χ3n) is 2.61. The molecule has 0 fully saturated rings. The van der Waals surface area contributed by atoms with Crippen molar-refractivity contribution < 1.29 is 4.79 Å². The van der Waals surface area contributed by atoms with Crippen LogP contribution in [0.5, 0.6) is 0 Å². The summed E-state index contributed by atoms with van der Waals surface area (Å²) < 4.78 is 0. The standard InChI is InChI=1S/C15H13NO2/c1-11-7-8-13(9-10-14(11)17)16-15(18)12-5-3-2-4-6-12/h2-10H,1H3,(H,16,18). The Balaban J connectivity index is 2.23. The zero-order valence-corrected chi connectivity index (χ0v) is 10.0. The molecule has 1 amide bonds. The molecule has 0 saturated carbocycles.